The molecule has 0 radical (unpaired) electrons. The van der Waals surface area contributed by atoms with Crippen LogP contribution in [0.1, 0.15) is 106 Å². The van der Waals surface area contributed by atoms with Gasteiger partial charge < -0.3 is 15.2 Å². The van der Waals surface area contributed by atoms with Crippen LogP contribution >= 0.6 is 0 Å². The molecule has 0 saturated heterocycles. The topological polar surface area (TPSA) is 58.6 Å². The van der Waals surface area contributed by atoms with Crippen molar-refractivity contribution in [3.05, 3.63) is 23.0 Å². The Hall–Kier alpha value is -1.29. The quantitative estimate of drug-likeness (QED) is 0.422. The van der Waals surface area contributed by atoms with E-state index in [4.69, 9.17) is 4.74 Å². The molecule has 1 amide bonds. The van der Waals surface area contributed by atoms with Gasteiger partial charge in [0.1, 0.15) is 5.60 Å². The Morgan fingerprint density at radius 2 is 2.03 bits per heavy atom. The number of fused-ring (bicyclic) bond motifs is 7. The number of aliphatic hydroxyl groups excluding tert-OH is 1. The Labute approximate surface area is 213 Å². The number of hydrogen-bond donors (Lipinski definition) is 2. The highest BCUT2D eigenvalue weighted by molar-refractivity contribution is 5.72. The van der Waals surface area contributed by atoms with Gasteiger partial charge in [0, 0.05) is 25.8 Å². The van der Waals surface area contributed by atoms with Crippen molar-refractivity contribution in [1.82, 2.24) is 5.32 Å². The van der Waals surface area contributed by atoms with E-state index < -0.39 is 0 Å². The summed E-state index contributed by atoms with van der Waals surface area (Å²) in [5, 5.41) is 13.3. The summed E-state index contributed by atoms with van der Waals surface area (Å²) in [5.74, 6) is 4.55. The van der Waals surface area contributed by atoms with Gasteiger partial charge >= 0.3 is 0 Å². The van der Waals surface area contributed by atoms with Crippen molar-refractivity contribution in [2.75, 3.05) is 6.54 Å². The fourth-order valence-electron chi connectivity index (χ4n) is 9.77. The molecule has 9 atom stereocenters. The molecule has 4 aliphatic carbocycles. The van der Waals surface area contributed by atoms with Gasteiger partial charge in [-0.1, -0.05) is 39.3 Å². The average Bonchev–Trinajstić information content (AvgIpc) is 3.25. The van der Waals surface area contributed by atoms with Crippen LogP contribution in [-0.2, 0) is 9.53 Å². The van der Waals surface area contributed by atoms with Crippen molar-refractivity contribution in [2.24, 2.45) is 40.4 Å². The first-order valence-corrected chi connectivity index (χ1v) is 14.5. The minimum atomic E-state index is -0.130. The maximum absolute atomic E-state index is 11.3. The van der Waals surface area contributed by atoms with E-state index >= 15 is 0 Å². The lowest BCUT2D eigenvalue weighted by atomic mass is 9.47. The fourth-order valence-corrected chi connectivity index (χ4v) is 9.77. The molecule has 35 heavy (non-hydrogen) atoms. The maximum atomic E-state index is 11.3. The van der Waals surface area contributed by atoms with Crippen LogP contribution in [0.15, 0.2) is 23.0 Å². The van der Waals surface area contributed by atoms with E-state index in [0.29, 0.717) is 22.7 Å². The summed E-state index contributed by atoms with van der Waals surface area (Å²) >= 11 is 0. The molecule has 4 heteroatoms. The molecule has 0 aromatic rings. The number of allylic oxidation sites excluding steroid dienone is 2. The van der Waals surface area contributed by atoms with Crippen molar-refractivity contribution in [2.45, 2.75) is 117 Å². The summed E-state index contributed by atoms with van der Waals surface area (Å²) in [5.41, 5.74) is 3.68. The van der Waals surface area contributed by atoms with Crippen LogP contribution in [-0.4, -0.2) is 29.3 Å². The first kappa shape index (κ1) is 25.4. The number of hydrogen-bond acceptors (Lipinski definition) is 3. The van der Waals surface area contributed by atoms with Gasteiger partial charge in [-0.3, -0.25) is 4.79 Å². The third kappa shape index (κ3) is 3.92. The van der Waals surface area contributed by atoms with Crippen LogP contribution in [0.3, 0.4) is 0 Å². The second-order valence-corrected chi connectivity index (χ2v) is 13.5. The molecule has 3 fully saturated rings. The van der Waals surface area contributed by atoms with Gasteiger partial charge in [-0.25, -0.2) is 0 Å². The largest absolute Gasteiger partial charge is 0.491 e. The van der Waals surface area contributed by atoms with E-state index in [1.165, 1.54) is 37.0 Å². The van der Waals surface area contributed by atoms with Crippen LogP contribution in [0.5, 0.6) is 0 Å². The summed E-state index contributed by atoms with van der Waals surface area (Å²) < 4.78 is 7.04. The molecule has 0 unspecified atom stereocenters. The first-order valence-electron chi connectivity index (χ1n) is 14.5. The number of ether oxygens (including phenoxy) is 1. The first-order chi connectivity index (χ1) is 16.5. The molecular formula is C31H49NO3. The number of nitrogens with one attached hydrogen (secondary N) is 1. The standard InChI is InChI=1S/C31H49NO3/c1-7-31-17-26-24-10-9-22-16-23(34)12-14-29(22,5)25(24)13-15-30(26,6)28(31)20(3)27(35-31)11-8-19(2)18-32-21(4)33/h9,19,23-26,28,34H,7-8,10-18H2,1-6H3,(H,32,33)/t19-,23-,24-,25+,26+,28-,29-,30-,31-/m0/s1. The van der Waals surface area contributed by atoms with E-state index in [1.807, 2.05) is 0 Å². The van der Waals surface area contributed by atoms with E-state index in [2.05, 4.69) is 46.0 Å². The van der Waals surface area contributed by atoms with Crippen molar-refractivity contribution >= 4 is 5.91 Å². The Balaban J connectivity index is 1.37. The van der Waals surface area contributed by atoms with E-state index in [9.17, 15) is 9.90 Å². The Morgan fingerprint density at radius 3 is 2.74 bits per heavy atom. The van der Waals surface area contributed by atoms with Crippen LogP contribution in [0.25, 0.3) is 0 Å². The zero-order chi connectivity index (χ0) is 25.2. The highest BCUT2D eigenvalue weighted by Gasteiger charge is 2.68. The van der Waals surface area contributed by atoms with Gasteiger partial charge in [0.25, 0.3) is 0 Å². The Morgan fingerprint density at radius 1 is 1.26 bits per heavy atom. The normalized spacial score (nSPS) is 45.0. The summed E-state index contributed by atoms with van der Waals surface area (Å²) in [6.07, 6.45) is 13.6. The SMILES string of the molecule is CC[C@]12C[C@@H]3[C@H]4CC=C5C[C@@H](O)CC[C@]5(C)[C@@H]4CC[C@]3(C)[C@@H]1C(C)=C(CC[C@H](C)CNC(C)=O)O2. The van der Waals surface area contributed by atoms with Gasteiger partial charge in [0.2, 0.25) is 5.91 Å². The third-order valence-corrected chi connectivity index (χ3v) is 11.6. The maximum Gasteiger partial charge on any atom is 0.216 e. The fraction of sp³-hybridized carbons (Fsp3) is 0.839. The van der Waals surface area contributed by atoms with E-state index in [1.54, 1.807) is 12.5 Å². The summed E-state index contributed by atoms with van der Waals surface area (Å²) in [6, 6.07) is 0. The number of aliphatic hydroxyl groups is 1. The number of rotatable bonds is 6. The smallest absolute Gasteiger partial charge is 0.216 e. The molecule has 3 saturated carbocycles. The molecule has 0 aromatic carbocycles. The van der Waals surface area contributed by atoms with Crippen molar-refractivity contribution < 1.29 is 14.6 Å². The summed E-state index contributed by atoms with van der Waals surface area (Å²) in [7, 11) is 0. The second-order valence-electron chi connectivity index (χ2n) is 13.5. The van der Waals surface area contributed by atoms with Crippen LogP contribution in [0.2, 0.25) is 0 Å². The third-order valence-electron chi connectivity index (χ3n) is 11.6. The van der Waals surface area contributed by atoms with E-state index in [0.717, 1.165) is 62.8 Å². The lowest BCUT2D eigenvalue weighted by Gasteiger charge is -2.57. The molecule has 2 N–H and O–H groups in total. The molecule has 0 spiro atoms. The molecule has 5 rings (SSSR count). The molecule has 1 heterocycles. The predicted octanol–water partition coefficient (Wildman–Crippen LogP) is 6.54. The lowest BCUT2D eigenvalue weighted by Crippen LogP contribution is -2.50. The molecule has 4 nitrogen and oxygen atoms in total. The van der Waals surface area contributed by atoms with Crippen molar-refractivity contribution in [3.63, 3.8) is 0 Å². The number of carbonyl (C=O) groups is 1. The summed E-state index contributed by atoms with van der Waals surface area (Å²) in [6.45, 7) is 14.4. The molecule has 0 bridgehead atoms. The Kier molecular flexibility index (Phi) is 6.47. The molecule has 5 aliphatic rings. The van der Waals surface area contributed by atoms with Gasteiger partial charge in [0.05, 0.1) is 11.9 Å². The highest BCUT2D eigenvalue weighted by atomic mass is 16.5. The minimum Gasteiger partial charge on any atom is -0.491 e. The van der Waals surface area contributed by atoms with Crippen molar-refractivity contribution in [1.29, 1.82) is 0 Å². The average molecular weight is 484 g/mol. The predicted molar refractivity (Wildman–Crippen MR) is 140 cm³/mol. The minimum absolute atomic E-state index is 0.0255. The zero-order valence-corrected chi connectivity index (χ0v) is 23.1. The number of amides is 1. The lowest BCUT2D eigenvalue weighted by molar-refractivity contribution is -0.119. The molecule has 1 aliphatic heterocycles. The second kappa shape index (κ2) is 8.92. The molecule has 196 valence electrons. The number of carbonyl (C=O) groups excluding carboxylic acids is 1. The van der Waals surface area contributed by atoms with Gasteiger partial charge in [-0.15, -0.1) is 0 Å². The van der Waals surface area contributed by atoms with Crippen LogP contribution in [0, 0.1) is 40.4 Å². The molecule has 0 aromatic heterocycles. The summed E-state index contributed by atoms with van der Waals surface area (Å²) in [4.78, 5) is 11.3. The van der Waals surface area contributed by atoms with Gasteiger partial charge in [-0.2, -0.15) is 0 Å². The van der Waals surface area contributed by atoms with Crippen LogP contribution in [0.4, 0.5) is 0 Å². The van der Waals surface area contributed by atoms with Gasteiger partial charge in [0.15, 0.2) is 0 Å². The highest BCUT2D eigenvalue weighted by Crippen LogP contribution is 2.72. The zero-order valence-electron chi connectivity index (χ0n) is 23.1. The molecular weight excluding hydrogens is 434 g/mol. The monoisotopic (exact) mass is 483 g/mol. The van der Waals surface area contributed by atoms with Crippen molar-refractivity contribution in [3.8, 4) is 0 Å². The Bertz CT molecular complexity index is 922. The van der Waals surface area contributed by atoms with Gasteiger partial charge in [-0.05, 0) is 105 Å². The van der Waals surface area contributed by atoms with Crippen LogP contribution < -0.4 is 5.32 Å². The van der Waals surface area contributed by atoms with E-state index in [-0.39, 0.29) is 17.6 Å².